The van der Waals surface area contributed by atoms with E-state index >= 15 is 0 Å². The van der Waals surface area contributed by atoms with Crippen molar-refractivity contribution in [2.45, 2.75) is 31.9 Å². The van der Waals surface area contributed by atoms with E-state index in [1.807, 2.05) is 23.5 Å². The lowest BCUT2D eigenvalue weighted by Gasteiger charge is -2.26. The maximum atomic E-state index is 12.2. The van der Waals surface area contributed by atoms with Crippen LogP contribution in [0.5, 0.6) is 0 Å². The summed E-state index contributed by atoms with van der Waals surface area (Å²) in [4.78, 5) is 17.9. The van der Waals surface area contributed by atoms with Gasteiger partial charge in [-0.15, -0.1) is 23.1 Å². The molecule has 0 bridgehead atoms. The Labute approximate surface area is 120 Å². The molecule has 1 aromatic rings. The van der Waals surface area contributed by atoms with E-state index in [0.29, 0.717) is 17.5 Å². The summed E-state index contributed by atoms with van der Waals surface area (Å²) in [6, 6.07) is 0. The molecule has 1 aliphatic carbocycles. The third-order valence-electron chi connectivity index (χ3n) is 3.34. The van der Waals surface area contributed by atoms with E-state index in [1.165, 1.54) is 16.5 Å². The first-order valence-corrected chi connectivity index (χ1v) is 9.29. The molecular weight excluding hydrogens is 282 g/mol. The van der Waals surface area contributed by atoms with Crippen LogP contribution in [0.1, 0.15) is 45.9 Å². The van der Waals surface area contributed by atoms with E-state index < -0.39 is 0 Å². The molecule has 1 aromatic heterocycles. The first kappa shape index (κ1) is 13.0. The van der Waals surface area contributed by atoms with Gasteiger partial charge in [0.2, 0.25) is 0 Å². The minimum Gasteiger partial charge on any atom is -0.293 e. The number of carbonyl (C=O) groups is 1. The number of Topliss-reactive ketones (excluding diaryl/α,β-unsaturated/α-hetero) is 1. The summed E-state index contributed by atoms with van der Waals surface area (Å²) in [5.74, 6) is 3.91. The Morgan fingerprint density at radius 1 is 1.28 bits per heavy atom. The zero-order valence-corrected chi connectivity index (χ0v) is 13.1. The molecule has 2 nitrogen and oxygen atoms in total. The molecule has 1 fully saturated rings. The van der Waals surface area contributed by atoms with Crippen LogP contribution >= 0.6 is 34.9 Å². The molecule has 0 N–H and O–H groups in total. The highest BCUT2D eigenvalue weighted by Crippen LogP contribution is 2.43. The first-order chi connectivity index (χ1) is 8.55. The zero-order chi connectivity index (χ0) is 12.8. The van der Waals surface area contributed by atoms with Crippen molar-refractivity contribution in [1.82, 2.24) is 4.98 Å². The van der Waals surface area contributed by atoms with Crippen LogP contribution in [0.15, 0.2) is 0 Å². The Morgan fingerprint density at radius 2 is 2.11 bits per heavy atom. The SMILES string of the molecule is CC1(C)CC(=O)c2sc(C3CSCCS3)nc2C1. The average molecular weight is 299 g/mol. The van der Waals surface area contributed by atoms with Crippen molar-refractivity contribution in [3.05, 3.63) is 15.6 Å². The van der Waals surface area contributed by atoms with Crippen molar-refractivity contribution in [1.29, 1.82) is 0 Å². The third-order valence-corrected chi connectivity index (χ3v) is 7.51. The third kappa shape index (κ3) is 2.49. The molecule has 2 aliphatic rings. The van der Waals surface area contributed by atoms with Gasteiger partial charge in [-0.1, -0.05) is 13.8 Å². The van der Waals surface area contributed by atoms with Crippen LogP contribution in [0.25, 0.3) is 0 Å². The molecule has 1 unspecified atom stereocenters. The number of hydrogen-bond donors (Lipinski definition) is 0. The maximum Gasteiger partial charge on any atom is 0.175 e. The minimum atomic E-state index is 0.0872. The molecule has 0 spiro atoms. The van der Waals surface area contributed by atoms with Crippen molar-refractivity contribution in [3.8, 4) is 0 Å². The maximum absolute atomic E-state index is 12.2. The Bertz CT molecular complexity index is 475. The molecule has 1 atom stereocenters. The summed E-state index contributed by atoms with van der Waals surface area (Å²) < 4.78 is 0. The monoisotopic (exact) mass is 299 g/mol. The fraction of sp³-hybridized carbons (Fsp3) is 0.692. The summed E-state index contributed by atoms with van der Waals surface area (Å²) in [6.45, 7) is 4.33. The van der Waals surface area contributed by atoms with E-state index in [2.05, 4.69) is 13.8 Å². The van der Waals surface area contributed by atoms with Gasteiger partial charge in [-0.2, -0.15) is 11.8 Å². The lowest BCUT2D eigenvalue weighted by atomic mass is 9.78. The van der Waals surface area contributed by atoms with Crippen molar-refractivity contribution in [3.63, 3.8) is 0 Å². The Kier molecular flexibility index (Phi) is 3.49. The van der Waals surface area contributed by atoms with Crippen LogP contribution in [0.2, 0.25) is 0 Å². The number of fused-ring (bicyclic) bond motifs is 1. The average Bonchev–Trinajstić information content (AvgIpc) is 2.72. The van der Waals surface area contributed by atoms with Crippen molar-refractivity contribution in [2.24, 2.45) is 5.41 Å². The Balaban J connectivity index is 1.90. The van der Waals surface area contributed by atoms with Gasteiger partial charge in [-0.25, -0.2) is 4.98 Å². The van der Waals surface area contributed by atoms with Gasteiger partial charge in [0, 0.05) is 23.7 Å². The van der Waals surface area contributed by atoms with E-state index in [9.17, 15) is 4.79 Å². The number of hydrogen-bond acceptors (Lipinski definition) is 5. The standard InChI is InChI=1S/C13H17NOS3/c1-13(2)5-8-11(9(15)6-13)18-12(14-8)10-7-16-3-4-17-10/h10H,3-7H2,1-2H3. The van der Waals surface area contributed by atoms with E-state index in [0.717, 1.165) is 22.7 Å². The van der Waals surface area contributed by atoms with E-state index in [1.54, 1.807) is 11.3 Å². The van der Waals surface area contributed by atoms with E-state index in [4.69, 9.17) is 4.98 Å². The van der Waals surface area contributed by atoms with Crippen molar-refractivity contribution in [2.75, 3.05) is 17.3 Å². The molecule has 0 radical (unpaired) electrons. The molecule has 1 aliphatic heterocycles. The number of aromatic nitrogens is 1. The lowest BCUT2D eigenvalue weighted by molar-refractivity contribution is 0.0916. The van der Waals surface area contributed by atoms with Crippen molar-refractivity contribution >= 4 is 40.6 Å². The van der Waals surface area contributed by atoms with Crippen LogP contribution in [0, 0.1) is 5.41 Å². The second-order valence-corrected chi connectivity index (χ2v) is 9.19. The fourth-order valence-corrected chi connectivity index (χ4v) is 6.51. The number of ketones is 1. The molecule has 3 rings (SSSR count). The summed E-state index contributed by atoms with van der Waals surface area (Å²) >= 11 is 5.66. The van der Waals surface area contributed by atoms with Gasteiger partial charge < -0.3 is 0 Å². The number of carbonyl (C=O) groups excluding carboxylic acids is 1. The Morgan fingerprint density at radius 3 is 2.83 bits per heavy atom. The smallest absolute Gasteiger partial charge is 0.175 e. The van der Waals surface area contributed by atoms with Gasteiger partial charge in [0.15, 0.2) is 5.78 Å². The highest BCUT2D eigenvalue weighted by atomic mass is 32.2. The quantitative estimate of drug-likeness (QED) is 0.788. The molecule has 0 saturated carbocycles. The Hall–Kier alpha value is -0.0000000000000000555. The second kappa shape index (κ2) is 4.84. The summed E-state index contributed by atoms with van der Waals surface area (Å²) in [5, 5.41) is 1.69. The van der Waals surface area contributed by atoms with Gasteiger partial charge in [0.1, 0.15) is 5.01 Å². The van der Waals surface area contributed by atoms with Crippen LogP contribution in [-0.4, -0.2) is 28.0 Å². The van der Waals surface area contributed by atoms with Gasteiger partial charge in [-0.3, -0.25) is 4.79 Å². The number of rotatable bonds is 1. The molecule has 18 heavy (non-hydrogen) atoms. The van der Waals surface area contributed by atoms with Crippen LogP contribution in [0.3, 0.4) is 0 Å². The topological polar surface area (TPSA) is 30.0 Å². The molecular formula is C13H17NOS3. The molecule has 1 saturated heterocycles. The highest BCUT2D eigenvalue weighted by molar-refractivity contribution is 8.06. The fourth-order valence-electron chi connectivity index (χ4n) is 2.51. The predicted octanol–water partition coefficient (Wildman–Crippen LogP) is 3.82. The minimum absolute atomic E-state index is 0.0872. The predicted molar refractivity (Wildman–Crippen MR) is 81.1 cm³/mol. The van der Waals surface area contributed by atoms with Gasteiger partial charge in [0.25, 0.3) is 0 Å². The molecule has 98 valence electrons. The highest BCUT2D eigenvalue weighted by Gasteiger charge is 2.35. The van der Waals surface area contributed by atoms with Gasteiger partial charge >= 0.3 is 0 Å². The molecule has 0 aromatic carbocycles. The number of nitrogens with zero attached hydrogens (tertiary/aromatic N) is 1. The summed E-state index contributed by atoms with van der Waals surface area (Å²) in [7, 11) is 0. The lowest BCUT2D eigenvalue weighted by Crippen LogP contribution is -2.26. The number of thioether (sulfide) groups is 2. The van der Waals surface area contributed by atoms with Crippen LogP contribution in [-0.2, 0) is 6.42 Å². The molecule has 0 amide bonds. The first-order valence-electron chi connectivity index (χ1n) is 6.27. The second-order valence-electron chi connectivity index (χ2n) is 5.70. The summed E-state index contributed by atoms with van der Waals surface area (Å²) in [5.41, 5.74) is 1.15. The molecule has 5 heteroatoms. The van der Waals surface area contributed by atoms with Crippen LogP contribution < -0.4 is 0 Å². The van der Waals surface area contributed by atoms with Crippen LogP contribution in [0.4, 0.5) is 0 Å². The molecule has 2 heterocycles. The normalized spacial score (nSPS) is 27.0. The van der Waals surface area contributed by atoms with Gasteiger partial charge in [-0.05, 0) is 11.8 Å². The largest absolute Gasteiger partial charge is 0.293 e. The zero-order valence-electron chi connectivity index (χ0n) is 10.7. The summed E-state index contributed by atoms with van der Waals surface area (Å²) in [6.07, 6.45) is 1.63. The van der Waals surface area contributed by atoms with E-state index in [-0.39, 0.29) is 5.41 Å². The number of thiazole rings is 1. The van der Waals surface area contributed by atoms with Gasteiger partial charge in [0.05, 0.1) is 15.8 Å². The van der Waals surface area contributed by atoms with Crippen molar-refractivity contribution < 1.29 is 4.79 Å².